The summed E-state index contributed by atoms with van der Waals surface area (Å²) in [5.41, 5.74) is -0.213. The van der Waals surface area contributed by atoms with Crippen LogP contribution in [-0.4, -0.2) is 51.8 Å². The molecule has 0 radical (unpaired) electrons. The van der Waals surface area contributed by atoms with Crippen LogP contribution in [-0.2, 0) is 20.9 Å². The number of hydrogen-bond donors (Lipinski definition) is 1. The van der Waals surface area contributed by atoms with Gasteiger partial charge in [0, 0.05) is 25.7 Å². The summed E-state index contributed by atoms with van der Waals surface area (Å²) in [6.07, 6.45) is 3.24. The lowest BCUT2D eigenvalue weighted by atomic mass is 9.91. The molecule has 0 spiro atoms. The molecule has 2 amide bonds. The van der Waals surface area contributed by atoms with E-state index in [1.165, 1.54) is 10.9 Å². The Morgan fingerprint density at radius 2 is 2.04 bits per heavy atom. The third-order valence-corrected chi connectivity index (χ3v) is 3.89. The number of amides is 2. The van der Waals surface area contributed by atoms with E-state index in [-0.39, 0.29) is 37.0 Å². The maximum absolute atomic E-state index is 12.4. The second-order valence-corrected chi connectivity index (χ2v) is 7.20. The average molecular weight is 347 g/mol. The molecule has 0 aromatic carbocycles. The van der Waals surface area contributed by atoms with Crippen molar-refractivity contribution in [3.05, 3.63) is 12.4 Å². The predicted octanol–water partition coefficient (Wildman–Crippen LogP) is 1.40. The maximum Gasteiger partial charge on any atom is 0.244 e. The van der Waals surface area contributed by atoms with Crippen LogP contribution in [0.25, 0.3) is 0 Å². The summed E-state index contributed by atoms with van der Waals surface area (Å²) < 4.78 is 7.13. The van der Waals surface area contributed by atoms with Crippen molar-refractivity contribution in [1.82, 2.24) is 14.7 Å². The van der Waals surface area contributed by atoms with Gasteiger partial charge in [0.2, 0.25) is 11.8 Å². The minimum Gasteiger partial charge on any atom is -0.372 e. The Morgan fingerprint density at radius 1 is 1.40 bits per heavy atom. The molecule has 2 rings (SSSR count). The van der Waals surface area contributed by atoms with Crippen molar-refractivity contribution in [2.45, 2.75) is 52.9 Å². The molecule has 1 fully saturated rings. The van der Waals surface area contributed by atoms with Gasteiger partial charge in [-0.1, -0.05) is 0 Å². The van der Waals surface area contributed by atoms with Gasteiger partial charge in [-0.25, -0.2) is 0 Å². The summed E-state index contributed by atoms with van der Waals surface area (Å²) in [7, 11) is 0. The first-order chi connectivity index (χ1) is 11.7. The largest absolute Gasteiger partial charge is 0.372 e. The fourth-order valence-corrected chi connectivity index (χ4v) is 2.78. The third kappa shape index (κ3) is 5.57. The monoisotopic (exact) mass is 347 g/mol. The predicted molar refractivity (Wildman–Crippen MR) is 91.5 cm³/mol. The van der Waals surface area contributed by atoms with Gasteiger partial charge in [0.05, 0.1) is 35.6 Å². The van der Waals surface area contributed by atoms with Crippen LogP contribution in [0.5, 0.6) is 0 Å². The second-order valence-electron chi connectivity index (χ2n) is 7.20. The number of ether oxygens (including phenoxy) is 1. The first-order valence-corrected chi connectivity index (χ1v) is 8.35. The number of carbonyl (C=O) groups is 2. The number of nitrogens with one attached hydrogen (secondary N) is 1. The number of nitriles is 1. The molecule has 8 nitrogen and oxygen atoms in total. The molecule has 1 aliphatic heterocycles. The lowest BCUT2D eigenvalue weighted by molar-refractivity contribution is -0.144. The van der Waals surface area contributed by atoms with E-state index in [0.717, 1.165) is 0 Å². The lowest BCUT2D eigenvalue weighted by Gasteiger charge is -2.35. The van der Waals surface area contributed by atoms with E-state index in [1.807, 2.05) is 13.8 Å². The first kappa shape index (κ1) is 18.9. The summed E-state index contributed by atoms with van der Waals surface area (Å²) in [4.78, 5) is 26.1. The van der Waals surface area contributed by atoms with E-state index in [1.54, 1.807) is 24.9 Å². The summed E-state index contributed by atoms with van der Waals surface area (Å²) >= 11 is 0. The maximum atomic E-state index is 12.4. The van der Waals surface area contributed by atoms with Crippen LogP contribution in [0.3, 0.4) is 0 Å². The summed E-state index contributed by atoms with van der Waals surface area (Å²) in [5.74, 6) is -0.290. The van der Waals surface area contributed by atoms with Crippen LogP contribution < -0.4 is 5.32 Å². The molecule has 0 bridgehead atoms. The summed E-state index contributed by atoms with van der Waals surface area (Å²) in [5, 5.41) is 15.8. The number of morpholine rings is 1. The van der Waals surface area contributed by atoms with Crippen molar-refractivity contribution in [2.75, 3.05) is 18.4 Å². The Hall–Kier alpha value is -2.40. The normalized spacial score (nSPS) is 20.8. The minimum absolute atomic E-state index is 0.0173. The standard InChI is InChI=1S/C17H25N5O3/c1-12-7-21(8-13(2)25-12)16(24)10-22-9-14(6-19-22)20-15(23)5-17(3,4)11-18/h6,9,12-13H,5,7-8,10H2,1-4H3,(H,20,23)/t12-,13-/m0/s1. The van der Waals surface area contributed by atoms with Gasteiger partial charge in [0.1, 0.15) is 6.54 Å². The van der Waals surface area contributed by atoms with Crippen molar-refractivity contribution in [3.63, 3.8) is 0 Å². The molecule has 0 aliphatic carbocycles. The number of aromatic nitrogens is 2. The molecular formula is C17H25N5O3. The van der Waals surface area contributed by atoms with E-state index < -0.39 is 5.41 Å². The van der Waals surface area contributed by atoms with Gasteiger partial charge in [-0.3, -0.25) is 14.3 Å². The van der Waals surface area contributed by atoms with Gasteiger partial charge in [0.25, 0.3) is 0 Å². The molecule has 1 aromatic heterocycles. The van der Waals surface area contributed by atoms with Crippen LogP contribution in [0.1, 0.15) is 34.1 Å². The molecule has 0 unspecified atom stereocenters. The van der Waals surface area contributed by atoms with Gasteiger partial charge in [0.15, 0.2) is 0 Å². The Kier molecular flexibility index (Phi) is 5.80. The summed E-state index contributed by atoms with van der Waals surface area (Å²) in [6, 6.07) is 2.09. The van der Waals surface area contributed by atoms with Crippen molar-refractivity contribution >= 4 is 17.5 Å². The molecule has 1 aliphatic rings. The highest BCUT2D eigenvalue weighted by Gasteiger charge is 2.26. The van der Waals surface area contributed by atoms with E-state index in [4.69, 9.17) is 10.00 Å². The Labute approximate surface area is 147 Å². The SMILES string of the molecule is C[C@H]1CN(C(=O)Cn2cc(NC(=O)CC(C)(C)C#N)cn2)C[C@H](C)O1. The van der Waals surface area contributed by atoms with E-state index in [0.29, 0.717) is 18.8 Å². The quantitative estimate of drug-likeness (QED) is 0.868. The molecule has 1 saturated heterocycles. The van der Waals surface area contributed by atoms with Crippen LogP contribution in [0.4, 0.5) is 5.69 Å². The number of carbonyl (C=O) groups excluding carboxylic acids is 2. The van der Waals surface area contributed by atoms with E-state index >= 15 is 0 Å². The zero-order valence-corrected chi connectivity index (χ0v) is 15.2. The van der Waals surface area contributed by atoms with Crippen LogP contribution in [0, 0.1) is 16.7 Å². The van der Waals surface area contributed by atoms with E-state index in [2.05, 4.69) is 16.5 Å². The van der Waals surface area contributed by atoms with Gasteiger partial charge in [-0.2, -0.15) is 10.4 Å². The molecule has 1 aromatic rings. The highest BCUT2D eigenvalue weighted by Crippen LogP contribution is 2.19. The van der Waals surface area contributed by atoms with Gasteiger partial charge >= 0.3 is 0 Å². The molecule has 25 heavy (non-hydrogen) atoms. The number of anilines is 1. The van der Waals surface area contributed by atoms with Gasteiger partial charge < -0.3 is 15.0 Å². The summed E-state index contributed by atoms with van der Waals surface area (Å²) in [6.45, 7) is 8.55. The first-order valence-electron chi connectivity index (χ1n) is 8.35. The Bertz CT molecular complexity index is 666. The van der Waals surface area contributed by atoms with E-state index in [9.17, 15) is 9.59 Å². The molecule has 2 atom stereocenters. The second kappa shape index (κ2) is 7.66. The Balaban J connectivity index is 1.90. The highest BCUT2D eigenvalue weighted by atomic mass is 16.5. The lowest BCUT2D eigenvalue weighted by Crippen LogP contribution is -2.49. The number of nitrogens with zero attached hydrogens (tertiary/aromatic N) is 4. The molecular weight excluding hydrogens is 322 g/mol. The van der Waals surface area contributed by atoms with Crippen molar-refractivity contribution in [3.8, 4) is 6.07 Å². The fraction of sp³-hybridized carbons (Fsp3) is 0.647. The zero-order chi connectivity index (χ0) is 18.6. The number of rotatable bonds is 5. The van der Waals surface area contributed by atoms with Crippen molar-refractivity contribution in [1.29, 1.82) is 5.26 Å². The van der Waals surface area contributed by atoms with Crippen LogP contribution in [0.2, 0.25) is 0 Å². The van der Waals surface area contributed by atoms with Crippen LogP contribution in [0.15, 0.2) is 12.4 Å². The topological polar surface area (TPSA) is 100 Å². The van der Waals surface area contributed by atoms with Gasteiger partial charge in [-0.05, 0) is 27.7 Å². The Morgan fingerprint density at radius 3 is 2.64 bits per heavy atom. The molecule has 8 heteroatoms. The zero-order valence-electron chi connectivity index (χ0n) is 15.2. The fourth-order valence-electron chi connectivity index (χ4n) is 2.78. The average Bonchev–Trinajstić information content (AvgIpc) is 2.92. The van der Waals surface area contributed by atoms with Crippen molar-refractivity contribution in [2.24, 2.45) is 5.41 Å². The van der Waals surface area contributed by atoms with Crippen LogP contribution >= 0.6 is 0 Å². The van der Waals surface area contributed by atoms with Gasteiger partial charge in [-0.15, -0.1) is 0 Å². The van der Waals surface area contributed by atoms with Crippen molar-refractivity contribution < 1.29 is 14.3 Å². The molecule has 1 N–H and O–H groups in total. The number of hydrogen-bond acceptors (Lipinski definition) is 5. The molecule has 2 heterocycles. The highest BCUT2D eigenvalue weighted by molar-refractivity contribution is 5.91. The molecule has 136 valence electrons. The third-order valence-electron chi connectivity index (χ3n) is 3.89. The molecule has 0 saturated carbocycles. The minimum atomic E-state index is -0.722. The smallest absolute Gasteiger partial charge is 0.244 e.